The Labute approximate surface area is 109 Å². The lowest BCUT2D eigenvalue weighted by molar-refractivity contribution is -0.138. The highest BCUT2D eigenvalue weighted by Gasteiger charge is 2.24. The van der Waals surface area contributed by atoms with Crippen molar-refractivity contribution < 1.29 is 9.90 Å². The third kappa shape index (κ3) is 3.52. The molecule has 0 aromatic heterocycles. The standard InChI is InChI=1S/C12H15BrO2S/c1-12(2,7-11(14)15)8-4-9(13)6-10(5-8)16-3/h4-6H,7H2,1-3H3,(H,14,15). The fraction of sp³-hybridized carbons (Fsp3) is 0.417. The highest BCUT2D eigenvalue weighted by atomic mass is 79.9. The maximum absolute atomic E-state index is 10.8. The van der Waals surface area contributed by atoms with Gasteiger partial charge in [-0.25, -0.2) is 0 Å². The van der Waals surface area contributed by atoms with E-state index in [1.54, 1.807) is 11.8 Å². The van der Waals surface area contributed by atoms with Gasteiger partial charge in [-0.1, -0.05) is 29.8 Å². The molecule has 4 heteroatoms. The minimum Gasteiger partial charge on any atom is -0.481 e. The van der Waals surface area contributed by atoms with E-state index in [0.29, 0.717) is 0 Å². The lowest BCUT2D eigenvalue weighted by Gasteiger charge is -2.24. The van der Waals surface area contributed by atoms with Crippen molar-refractivity contribution in [2.24, 2.45) is 0 Å². The van der Waals surface area contributed by atoms with Gasteiger partial charge < -0.3 is 5.11 Å². The summed E-state index contributed by atoms with van der Waals surface area (Å²) >= 11 is 5.11. The van der Waals surface area contributed by atoms with Gasteiger partial charge in [0.15, 0.2) is 0 Å². The molecule has 0 atom stereocenters. The molecule has 0 unspecified atom stereocenters. The fourth-order valence-corrected chi connectivity index (χ4v) is 2.69. The highest BCUT2D eigenvalue weighted by molar-refractivity contribution is 9.10. The summed E-state index contributed by atoms with van der Waals surface area (Å²) in [6.45, 7) is 3.90. The summed E-state index contributed by atoms with van der Waals surface area (Å²) in [5, 5.41) is 8.89. The highest BCUT2D eigenvalue weighted by Crippen LogP contribution is 2.32. The molecule has 1 rings (SSSR count). The summed E-state index contributed by atoms with van der Waals surface area (Å²) in [4.78, 5) is 12.0. The smallest absolute Gasteiger partial charge is 0.304 e. The van der Waals surface area contributed by atoms with Crippen LogP contribution in [-0.4, -0.2) is 17.3 Å². The normalized spacial score (nSPS) is 11.5. The lowest BCUT2D eigenvalue weighted by atomic mass is 9.82. The van der Waals surface area contributed by atoms with Crippen LogP contribution in [0.15, 0.2) is 27.6 Å². The van der Waals surface area contributed by atoms with Gasteiger partial charge in [0.25, 0.3) is 0 Å². The zero-order valence-electron chi connectivity index (χ0n) is 9.58. The number of thioether (sulfide) groups is 1. The molecule has 0 aliphatic rings. The van der Waals surface area contributed by atoms with Crippen LogP contribution in [0, 0.1) is 0 Å². The Bertz CT molecular complexity index is 402. The van der Waals surface area contributed by atoms with Crippen LogP contribution in [-0.2, 0) is 10.2 Å². The number of benzene rings is 1. The molecule has 0 fully saturated rings. The van der Waals surface area contributed by atoms with Crippen molar-refractivity contribution in [1.82, 2.24) is 0 Å². The van der Waals surface area contributed by atoms with Gasteiger partial charge in [-0.2, -0.15) is 0 Å². The van der Waals surface area contributed by atoms with Crippen LogP contribution in [0.3, 0.4) is 0 Å². The monoisotopic (exact) mass is 302 g/mol. The predicted octanol–water partition coefficient (Wildman–Crippen LogP) is 3.92. The van der Waals surface area contributed by atoms with Crippen LogP contribution < -0.4 is 0 Å². The minimum absolute atomic E-state index is 0.136. The van der Waals surface area contributed by atoms with Crippen LogP contribution in [0.4, 0.5) is 0 Å². The molecule has 0 bridgehead atoms. The molecule has 1 N–H and O–H groups in total. The van der Waals surface area contributed by atoms with E-state index in [-0.39, 0.29) is 11.8 Å². The number of halogens is 1. The third-order valence-electron chi connectivity index (χ3n) is 2.48. The Morgan fingerprint density at radius 2 is 2.06 bits per heavy atom. The fourth-order valence-electron chi connectivity index (χ4n) is 1.55. The Morgan fingerprint density at radius 1 is 1.44 bits per heavy atom. The van der Waals surface area contributed by atoms with Gasteiger partial charge in [-0.05, 0) is 30.0 Å². The molecule has 0 aliphatic carbocycles. The average molecular weight is 303 g/mol. The van der Waals surface area contributed by atoms with E-state index in [2.05, 4.69) is 22.0 Å². The van der Waals surface area contributed by atoms with Crippen LogP contribution in [0.2, 0.25) is 0 Å². The number of hydrogen-bond donors (Lipinski definition) is 1. The Balaban J connectivity index is 3.11. The van der Waals surface area contributed by atoms with Crippen molar-refractivity contribution in [3.8, 4) is 0 Å². The molecule has 16 heavy (non-hydrogen) atoms. The minimum atomic E-state index is -0.768. The van der Waals surface area contributed by atoms with Crippen molar-refractivity contribution in [3.05, 3.63) is 28.2 Å². The van der Waals surface area contributed by atoms with Crippen LogP contribution in [0.1, 0.15) is 25.8 Å². The molecule has 0 aliphatic heterocycles. The first-order valence-corrected chi connectivity index (χ1v) is 6.94. The molecular formula is C12H15BrO2S. The molecule has 2 nitrogen and oxygen atoms in total. The first kappa shape index (κ1) is 13.6. The van der Waals surface area contributed by atoms with Gasteiger partial charge in [0.05, 0.1) is 6.42 Å². The molecule has 1 aromatic rings. The third-order valence-corrected chi connectivity index (χ3v) is 3.65. The van der Waals surface area contributed by atoms with Crippen molar-refractivity contribution >= 4 is 33.7 Å². The van der Waals surface area contributed by atoms with Crippen molar-refractivity contribution in [3.63, 3.8) is 0 Å². The van der Waals surface area contributed by atoms with Crippen LogP contribution in [0.5, 0.6) is 0 Å². The van der Waals surface area contributed by atoms with Gasteiger partial charge in [-0.3, -0.25) is 4.79 Å². The maximum atomic E-state index is 10.8. The second-order valence-corrected chi connectivity index (χ2v) is 6.13. The largest absolute Gasteiger partial charge is 0.481 e. The summed E-state index contributed by atoms with van der Waals surface area (Å²) in [5.41, 5.74) is 0.703. The van der Waals surface area contributed by atoms with E-state index in [4.69, 9.17) is 5.11 Å². The molecule has 0 saturated carbocycles. The van der Waals surface area contributed by atoms with E-state index in [1.165, 1.54) is 0 Å². The molecule has 0 spiro atoms. The summed E-state index contributed by atoms with van der Waals surface area (Å²) in [6.07, 6.45) is 2.15. The topological polar surface area (TPSA) is 37.3 Å². The molecule has 0 heterocycles. The van der Waals surface area contributed by atoms with E-state index in [9.17, 15) is 4.79 Å². The second-order valence-electron chi connectivity index (χ2n) is 4.33. The maximum Gasteiger partial charge on any atom is 0.304 e. The first-order valence-electron chi connectivity index (χ1n) is 4.92. The molecule has 88 valence electrons. The molecule has 0 radical (unpaired) electrons. The number of rotatable bonds is 4. The first-order chi connectivity index (χ1) is 7.35. The Kier molecular flexibility index (Phi) is 4.44. The van der Waals surface area contributed by atoms with E-state index >= 15 is 0 Å². The molecular weight excluding hydrogens is 288 g/mol. The number of carboxylic acids is 1. The van der Waals surface area contributed by atoms with Crippen molar-refractivity contribution in [2.45, 2.75) is 30.6 Å². The summed E-state index contributed by atoms with van der Waals surface area (Å²) in [7, 11) is 0. The van der Waals surface area contributed by atoms with Crippen LogP contribution >= 0.6 is 27.7 Å². The molecule has 1 aromatic carbocycles. The number of carboxylic acid groups (broad SMARTS) is 1. The second kappa shape index (κ2) is 5.23. The zero-order chi connectivity index (χ0) is 12.3. The van der Waals surface area contributed by atoms with Crippen molar-refractivity contribution in [2.75, 3.05) is 6.26 Å². The summed E-state index contributed by atoms with van der Waals surface area (Å²) in [5.74, 6) is -0.768. The zero-order valence-corrected chi connectivity index (χ0v) is 12.0. The van der Waals surface area contributed by atoms with Gasteiger partial charge in [0.1, 0.15) is 0 Å². The van der Waals surface area contributed by atoms with Gasteiger partial charge in [0, 0.05) is 14.8 Å². The quantitative estimate of drug-likeness (QED) is 0.857. The van der Waals surface area contributed by atoms with E-state index in [1.807, 2.05) is 32.2 Å². The van der Waals surface area contributed by atoms with E-state index in [0.717, 1.165) is 14.9 Å². The van der Waals surface area contributed by atoms with Crippen LogP contribution in [0.25, 0.3) is 0 Å². The number of aliphatic carboxylic acids is 1. The number of hydrogen-bond acceptors (Lipinski definition) is 2. The van der Waals surface area contributed by atoms with Gasteiger partial charge in [-0.15, -0.1) is 11.8 Å². The van der Waals surface area contributed by atoms with Crippen molar-refractivity contribution in [1.29, 1.82) is 0 Å². The lowest BCUT2D eigenvalue weighted by Crippen LogP contribution is -2.21. The Morgan fingerprint density at radius 3 is 2.56 bits per heavy atom. The van der Waals surface area contributed by atoms with Gasteiger partial charge >= 0.3 is 5.97 Å². The van der Waals surface area contributed by atoms with Gasteiger partial charge in [0.2, 0.25) is 0 Å². The van der Waals surface area contributed by atoms with E-state index < -0.39 is 5.97 Å². The predicted molar refractivity (Wildman–Crippen MR) is 71.2 cm³/mol. The average Bonchev–Trinajstić information content (AvgIpc) is 2.14. The number of carbonyl (C=O) groups is 1. The SMILES string of the molecule is CSc1cc(Br)cc(C(C)(C)CC(=O)O)c1. The summed E-state index contributed by atoms with van der Waals surface area (Å²) in [6, 6.07) is 6.08. The summed E-state index contributed by atoms with van der Waals surface area (Å²) < 4.78 is 0.993. The Hall–Kier alpha value is -0.480. The molecule has 0 saturated heterocycles. The molecule has 0 amide bonds.